The number of methoxy groups -OCH3 is 1. The molecule has 6 heteroatoms. The third-order valence-electron chi connectivity index (χ3n) is 4.11. The molecule has 24 heavy (non-hydrogen) atoms. The Labute approximate surface area is 147 Å². The van der Waals surface area contributed by atoms with Gasteiger partial charge in [-0.05, 0) is 38.8 Å². The lowest BCUT2D eigenvalue weighted by Crippen LogP contribution is -2.44. The van der Waals surface area contributed by atoms with Crippen molar-refractivity contribution in [3.8, 4) is 5.75 Å². The van der Waals surface area contributed by atoms with Crippen molar-refractivity contribution in [2.75, 3.05) is 14.2 Å². The Morgan fingerprint density at radius 2 is 2.08 bits per heavy atom. The van der Waals surface area contributed by atoms with Gasteiger partial charge in [0.05, 0.1) is 23.9 Å². The maximum absolute atomic E-state index is 12.5. The monoisotopic (exact) mass is 347 g/mol. The first-order valence-electron chi connectivity index (χ1n) is 7.99. The summed E-state index contributed by atoms with van der Waals surface area (Å²) in [4.78, 5) is 18.6. The lowest BCUT2D eigenvalue weighted by atomic mass is 10.1. The summed E-state index contributed by atoms with van der Waals surface area (Å²) in [5.41, 5.74) is 1.99. The third kappa shape index (κ3) is 4.47. The first-order chi connectivity index (χ1) is 11.4. The van der Waals surface area contributed by atoms with Crippen molar-refractivity contribution in [3.05, 3.63) is 45.9 Å². The van der Waals surface area contributed by atoms with E-state index in [0.717, 1.165) is 28.4 Å². The van der Waals surface area contributed by atoms with Crippen molar-refractivity contribution < 1.29 is 9.53 Å². The van der Waals surface area contributed by atoms with Crippen molar-refractivity contribution in [3.63, 3.8) is 0 Å². The lowest BCUT2D eigenvalue weighted by Gasteiger charge is -2.27. The SMILES string of the molecule is COc1ccccc1CC(C)N(C)C(=O)NC(C)c1csc(C)n1. The molecule has 1 N–H and O–H groups in total. The van der Waals surface area contributed by atoms with Gasteiger partial charge in [0.25, 0.3) is 0 Å². The van der Waals surface area contributed by atoms with Crippen LogP contribution in [0, 0.1) is 6.92 Å². The fourth-order valence-electron chi connectivity index (χ4n) is 2.47. The molecule has 1 aromatic heterocycles. The molecular weight excluding hydrogens is 322 g/mol. The van der Waals surface area contributed by atoms with E-state index in [1.807, 2.05) is 57.5 Å². The summed E-state index contributed by atoms with van der Waals surface area (Å²) >= 11 is 1.59. The maximum atomic E-state index is 12.5. The zero-order valence-electron chi connectivity index (χ0n) is 14.9. The van der Waals surface area contributed by atoms with Crippen LogP contribution in [0.3, 0.4) is 0 Å². The van der Waals surface area contributed by atoms with Crippen LogP contribution >= 0.6 is 11.3 Å². The zero-order chi connectivity index (χ0) is 17.7. The van der Waals surface area contributed by atoms with Gasteiger partial charge >= 0.3 is 6.03 Å². The number of likely N-dealkylation sites (N-methyl/N-ethyl adjacent to an activating group) is 1. The predicted octanol–water partition coefficient (Wildman–Crippen LogP) is 3.79. The number of aryl methyl sites for hydroxylation is 1. The highest BCUT2D eigenvalue weighted by molar-refractivity contribution is 7.09. The number of carbonyl (C=O) groups excluding carboxylic acids is 1. The van der Waals surface area contributed by atoms with Crippen molar-refractivity contribution in [2.45, 2.75) is 39.3 Å². The number of urea groups is 1. The van der Waals surface area contributed by atoms with Gasteiger partial charge in [-0.1, -0.05) is 18.2 Å². The van der Waals surface area contributed by atoms with E-state index in [9.17, 15) is 4.79 Å². The van der Waals surface area contributed by atoms with Gasteiger partial charge in [-0.2, -0.15) is 0 Å². The highest BCUT2D eigenvalue weighted by atomic mass is 32.1. The Balaban J connectivity index is 1.96. The Kier molecular flexibility index (Phi) is 6.20. The van der Waals surface area contributed by atoms with Crippen LogP contribution in [0.2, 0.25) is 0 Å². The van der Waals surface area contributed by atoms with Gasteiger partial charge in [0.1, 0.15) is 5.75 Å². The summed E-state index contributed by atoms with van der Waals surface area (Å²) in [7, 11) is 3.48. The number of amides is 2. The smallest absolute Gasteiger partial charge is 0.317 e. The molecule has 2 atom stereocenters. The molecule has 1 aromatic carbocycles. The van der Waals surface area contributed by atoms with E-state index in [1.54, 1.807) is 23.3 Å². The van der Waals surface area contributed by atoms with Gasteiger partial charge in [0.15, 0.2) is 0 Å². The minimum absolute atomic E-state index is 0.0469. The Morgan fingerprint density at radius 3 is 2.71 bits per heavy atom. The molecule has 0 aliphatic carbocycles. The summed E-state index contributed by atoms with van der Waals surface area (Å²) in [6, 6.07) is 7.74. The lowest BCUT2D eigenvalue weighted by molar-refractivity contribution is 0.190. The summed E-state index contributed by atoms with van der Waals surface area (Å²) in [6.07, 6.45) is 0.734. The van der Waals surface area contributed by atoms with E-state index in [4.69, 9.17) is 4.74 Å². The molecule has 0 radical (unpaired) electrons. The number of ether oxygens (including phenoxy) is 1. The quantitative estimate of drug-likeness (QED) is 0.865. The molecule has 0 aliphatic heterocycles. The van der Waals surface area contributed by atoms with E-state index in [2.05, 4.69) is 10.3 Å². The fraction of sp³-hybridized carbons (Fsp3) is 0.444. The van der Waals surface area contributed by atoms with Crippen LogP contribution in [-0.4, -0.2) is 36.1 Å². The maximum Gasteiger partial charge on any atom is 0.317 e. The van der Waals surface area contributed by atoms with E-state index in [-0.39, 0.29) is 18.1 Å². The second-order valence-electron chi connectivity index (χ2n) is 5.94. The van der Waals surface area contributed by atoms with Crippen molar-refractivity contribution >= 4 is 17.4 Å². The summed E-state index contributed by atoms with van der Waals surface area (Å²) in [5, 5.41) is 5.99. The van der Waals surface area contributed by atoms with Crippen LogP contribution < -0.4 is 10.1 Å². The first-order valence-corrected chi connectivity index (χ1v) is 8.87. The van der Waals surface area contributed by atoms with Crippen molar-refractivity contribution in [1.29, 1.82) is 0 Å². The first kappa shape index (κ1) is 18.3. The Bertz CT molecular complexity index is 686. The molecule has 0 aliphatic rings. The average molecular weight is 347 g/mol. The number of rotatable bonds is 6. The predicted molar refractivity (Wildman–Crippen MR) is 97.7 cm³/mol. The second-order valence-corrected chi connectivity index (χ2v) is 7.00. The molecule has 0 saturated carbocycles. The largest absolute Gasteiger partial charge is 0.496 e. The summed E-state index contributed by atoms with van der Waals surface area (Å²) in [6.45, 7) is 5.94. The third-order valence-corrected chi connectivity index (χ3v) is 4.90. The molecule has 2 rings (SSSR count). The van der Waals surface area contributed by atoms with Crippen LogP contribution in [0.4, 0.5) is 4.79 Å². The molecule has 1 heterocycles. The number of hydrogen-bond acceptors (Lipinski definition) is 4. The van der Waals surface area contributed by atoms with Crippen molar-refractivity contribution in [2.24, 2.45) is 0 Å². The van der Waals surface area contributed by atoms with Crippen LogP contribution in [0.5, 0.6) is 5.75 Å². The van der Waals surface area contributed by atoms with Gasteiger partial charge in [0.2, 0.25) is 0 Å². The zero-order valence-corrected chi connectivity index (χ0v) is 15.7. The molecule has 2 unspecified atom stereocenters. The highest BCUT2D eigenvalue weighted by Gasteiger charge is 2.20. The normalized spacial score (nSPS) is 13.2. The van der Waals surface area contributed by atoms with E-state index < -0.39 is 0 Å². The number of para-hydroxylation sites is 1. The molecular formula is C18H25N3O2S. The topological polar surface area (TPSA) is 54.5 Å². The Hall–Kier alpha value is -2.08. The molecule has 0 bridgehead atoms. The summed E-state index contributed by atoms with van der Waals surface area (Å²) < 4.78 is 5.38. The molecule has 2 amide bonds. The van der Waals surface area contributed by atoms with E-state index in [0.29, 0.717) is 0 Å². The van der Waals surface area contributed by atoms with Gasteiger partial charge in [-0.25, -0.2) is 9.78 Å². The van der Waals surface area contributed by atoms with Gasteiger partial charge in [0, 0.05) is 18.5 Å². The number of nitrogens with zero attached hydrogens (tertiary/aromatic N) is 2. The van der Waals surface area contributed by atoms with E-state index in [1.165, 1.54) is 0 Å². The molecule has 0 spiro atoms. The van der Waals surface area contributed by atoms with Gasteiger partial charge in [-0.3, -0.25) is 0 Å². The number of carbonyl (C=O) groups is 1. The minimum atomic E-state index is -0.108. The molecule has 5 nitrogen and oxygen atoms in total. The number of aromatic nitrogens is 1. The molecule has 0 fully saturated rings. The van der Waals surface area contributed by atoms with Crippen LogP contribution in [-0.2, 0) is 6.42 Å². The fourth-order valence-corrected chi connectivity index (χ4v) is 3.17. The highest BCUT2D eigenvalue weighted by Crippen LogP contribution is 2.21. The average Bonchev–Trinajstić information content (AvgIpc) is 3.01. The second kappa shape index (κ2) is 8.15. The molecule has 130 valence electrons. The minimum Gasteiger partial charge on any atom is -0.496 e. The number of hydrogen-bond donors (Lipinski definition) is 1. The summed E-state index contributed by atoms with van der Waals surface area (Å²) in [5.74, 6) is 0.851. The number of nitrogens with one attached hydrogen (secondary N) is 1. The van der Waals surface area contributed by atoms with Gasteiger partial charge < -0.3 is 15.0 Å². The Morgan fingerprint density at radius 1 is 1.38 bits per heavy atom. The van der Waals surface area contributed by atoms with Crippen LogP contribution in [0.25, 0.3) is 0 Å². The van der Waals surface area contributed by atoms with Crippen molar-refractivity contribution in [1.82, 2.24) is 15.2 Å². The molecule has 0 saturated heterocycles. The number of thiazole rings is 1. The standard InChI is InChI=1S/C18H25N3O2S/c1-12(10-15-8-6-7-9-17(15)23-5)21(4)18(22)19-13(2)16-11-24-14(3)20-16/h6-9,11-13H,10H2,1-5H3,(H,19,22). The van der Waals surface area contributed by atoms with Gasteiger partial charge in [-0.15, -0.1) is 11.3 Å². The van der Waals surface area contributed by atoms with Crippen LogP contribution in [0.15, 0.2) is 29.6 Å². The van der Waals surface area contributed by atoms with E-state index >= 15 is 0 Å². The van der Waals surface area contributed by atoms with Crippen LogP contribution in [0.1, 0.15) is 36.2 Å². The molecule has 2 aromatic rings. The number of benzene rings is 1.